The van der Waals surface area contributed by atoms with Crippen LogP contribution in [0.25, 0.3) is 0 Å². The molecule has 0 aromatic carbocycles. The lowest BCUT2D eigenvalue weighted by Gasteiger charge is -2.40. The molecule has 0 N–H and O–H groups in total. The predicted octanol–water partition coefficient (Wildman–Crippen LogP) is 3.69. The van der Waals surface area contributed by atoms with Gasteiger partial charge in [-0.2, -0.15) is 0 Å². The molecule has 1 heterocycles. The number of hydrogen-bond donors (Lipinski definition) is 0. The van der Waals surface area contributed by atoms with Crippen LogP contribution in [0.1, 0.15) is 59.3 Å². The second-order valence-electron chi connectivity index (χ2n) is 4.71. The average Bonchev–Trinajstić information content (AvgIpc) is 2.61. The lowest BCUT2D eigenvalue weighted by atomic mass is 9.69. The summed E-state index contributed by atoms with van der Waals surface area (Å²) in [5.74, 6) is 0. The third-order valence-corrected chi connectivity index (χ3v) is 4.31. The third-order valence-electron chi connectivity index (χ3n) is 4.31. The van der Waals surface area contributed by atoms with E-state index in [0.29, 0.717) is 0 Å². The molecule has 1 aliphatic carbocycles. The maximum Gasteiger partial charge on any atom is 0.0149 e. The summed E-state index contributed by atoms with van der Waals surface area (Å²) in [6.07, 6.45) is 8.78. The molecule has 0 spiro atoms. The third kappa shape index (κ3) is 1.98. The molecule has 1 heteroatoms. The van der Waals surface area contributed by atoms with Crippen LogP contribution < -0.4 is 0 Å². The first kappa shape index (κ1) is 12.0. The Kier molecular flexibility index (Phi) is 4.43. The topological polar surface area (TPSA) is 3.24 Å². The van der Waals surface area contributed by atoms with E-state index in [4.69, 9.17) is 0 Å². The first-order valence-electron chi connectivity index (χ1n) is 6.49. The molecule has 0 aromatic rings. The molecule has 2 fully saturated rings. The maximum absolute atomic E-state index is 2.60. The molecule has 0 radical (unpaired) electrons. The van der Waals surface area contributed by atoms with Crippen LogP contribution in [0.2, 0.25) is 0 Å². The van der Waals surface area contributed by atoms with E-state index in [1.54, 1.807) is 0 Å². The zero-order valence-electron chi connectivity index (χ0n) is 10.5. The van der Waals surface area contributed by atoms with E-state index in [2.05, 4.69) is 18.9 Å². The number of likely N-dealkylation sites (tertiary alicyclic amines) is 1. The van der Waals surface area contributed by atoms with Crippen molar-refractivity contribution in [3.05, 3.63) is 0 Å². The van der Waals surface area contributed by atoms with Crippen molar-refractivity contribution in [1.29, 1.82) is 0 Å². The van der Waals surface area contributed by atoms with E-state index in [0.717, 1.165) is 11.5 Å². The van der Waals surface area contributed by atoms with Crippen LogP contribution in [0, 0.1) is 5.41 Å². The highest BCUT2D eigenvalue weighted by Crippen LogP contribution is 2.48. The molecule has 2 aliphatic rings. The number of rotatable bonds is 1. The van der Waals surface area contributed by atoms with Crippen LogP contribution in [0.15, 0.2) is 0 Å². The summed E-state index contributed by atoms with van der Waals surface area (Å²) in [7, 11) is 2.31. The summed E-state index contributed by atoms with van der Waals surface area (Å²) in [5, 5.41) is 0. The first-order valence-corrected chi connectivity index (χ1v) is 6.49. The summed E-state index contributed by atoms with van der Waals surface area (Å²) in [5.41, 5.74) is 0.729. The molecule has 14 heavy (non-hydrogen) atoms. The van der Waals surface area contributed by atoms with Crippen molar-refractivity contribution in [3.63, 3.8) is 0 Å². The molecule has 2 atom stereocenters. The van der Waals surface area contributed by atoms with Crippen molar-refractivity contribution in [1.82, 2.24) is 4.90 Å². The fraction of sp³-hybridized carbons (Fsp3) is 1.00. The number of nitrogens with zero attached hydrogens (tertiary/aromatic N) is 1. The standard InChI is InChI=1S/C11H21N.C2H6/c1-3-11-7-5-4-6-10(11)12(2)9-8-11;1-2/h10H,3-9H2,1-2H3;1-2H3. The van der Waals surface area contributed by atoms with Crippen molar-refractivity contribution in [2.45, 2.75) is 65.3 Å². The van der Waals surface area contributed by atoms with Crippen molar-refractivity contribution >= 4 is 0 Å². The summed E-state index contributed by atoms with van der Waals surface area (Å²) in [6.45, 7) is 7.73. The van der Waals surface area contributed by atoms with E-state index in [-0.39, 0.29) is 0 Å². The Balaban J connectivity index is 0.000000461. The average molecular weight is 197 g/mol. The van der Waals surface area contributed by atoms with Crippen molar-refractivity contribution < 1.29 is 0 Å². The summed E-state index contributed by atoms with van der Waals surface area (Å²) in [6, 6.07) is 0.927. The van der Waals surface area contributed by atoms with Crippen molar-refractivity contribution in [3.8, 4) is 0 Å². The molecule has 1 nitrogen and oxygen atoms in total. The lowest BCUT2D eigenvalue weighted by Crippen LogP contribution is -2.39. The van der Waals surface area contributed by atoms with E-state index >= 15 is 0 Å². The maximum atomic E-state index is 2.60. The first-order chi connectivity index (χ1) is 6.78. The van der Waals surface area contributed by atoms with E-state index < -0.39 is 0 Å². The molecule has 1 saturated carbocycles. The number of fused-ring (bicyclic) bond motifs is 1. The fourth-order valence-electron chi connectivity index (χ4n) is 3.41. The summed E-state index contributed by atoms with van der Waals surface area (Å²) >= 11 is 0. The fourth-order valence-corrected chi connectivity index (χ4v) is 3.41. The van der Waals surface area contributed by atoms with Crippen LogP contribution >= 0.6 is 0 Å². The minimum atomic E-state index is 0.729. The summed E-state index contributed by atoms with van der Waals surface area (Å²) in [4.78, 5) is 2.60. The van der Waals surface area contributed by atoms with Gasteiger partial charge < -0.3 is 4.90 Å². The molecular weight excluding hydrogens is 170 g/mol. The quantitative estimate of drug-likeness (QED) is 0.620. The minimum Gasteiger partial charge on any atom is -0.303 e. The monoisotopic (exact) mass is 197 g/mol. The largest absolute Gasteiger partial charge is 0.303 e. The molecule has 1 saturated heterocycles. The van der Waals surface area contributed by atoms with Gasteiger partial charge in [0.25, 0.3) is 0 Å². The predicted molar refractivity (Wildman–Crippen MR) is 63.6 cm³/mol. The van der Waals surface area contributed by atoms with E-state index in [9.17, 15) is 0 Å². The second kappa shape index (κ2) is 5.16. The van der Waals surface area contributed by atoms with Crippen molar-refractivity contribution in [2.24, 2.45) is 5.41 Å². The lowest BCUT2D eigenvalue weighted by molar-refractivity contribution is 0.111. The van der Waals surface area contributed by atoms with E-state index in [1.165, 1.54) is 45.1 Å². The molecule has 0 amide bonds. The van der Waals surface area contributed by atoms with Gasteiger partial charge in [-0.15, -0.1) is 0 Å². The zero-order valence-corrected chi connectivity index (χ0v) is 10.5. The van der Waals surface area contributed by atoms with E-state index in [1.807, 2.05) is 13.8 Å². The molecule has 2 unspecified atom stereocenters. The smallest absolute Gasteiger partial charge is 0.0149 e. The van der Waals surface area contributed by atoms with Crippen molar-refractivity contribution in [2.75, 3.05) is 13.6 Å². The Labute approximate surface area is 89.9 Å². The van der Waals surface area contributed by atoms with Crippen LogP contribution in [-0.4, -0.2) is 24.5 Å². The van der Waals surface area contributed by atoms with Gasteiger partial charge in [-0.1, -0.05) is 33.6 Å². The molecule has 1 aliphatic heterocycles. The Morgan fingerprint density at radius 1 is 1.21 bits per heavy atom. The van der Waals surface area contributed by atoms with Crippen LogP contribution in [0.5, 0.6) is 0 Å². The normalized spacial score (nSPS) is 37.3. The molecule has 84 valence electrons. The van der Waals surface area contributed by atoms with Gasteiger partial charge in [-0.25, -0.2) is 0 Å². The Morgan fingerprint density at radius 3 is 2.50 bits per heavy atom. The molecular formula is C13H27N. The molecule has 2 rings (SSSR count). The van der Waals surface area contributed by atoms with Gasteiger partial charge in [0.1, 0.15) is 0 Å². The van der Waals surface area contributed by atoms with Gasteiger partial charge in [-0.05, 0) is 44.7 Å². The van der Waals surface area contributed by atoms with Crippen LogP contribution in [-0.2, 0) is 0 Å². The van der Waals surface area contributed by atoms with Gasteiger partial charge in [-0.3, -0.25) is 0 Å². The second-order valence-corrected chi connectivity index (χ2v) is 4.71. The molecule has 0 aromatic heterocycles. The van der Waals surface area contributed by atoms with Crippen LogP contribution in [0.4, 0.5) is 0 Å². The van der Waals surface area contributed by atoms with Gasteiger partial charge in [0, 0.05) is 6.04 Å². The Hall–Kier alpha value is -0.0400. The molecule has 0 bridgehead atoms. The van der Waals surface area contributed by atoms with Gasteiger partial charge in [0.15, 0.2) is 0 Å². The number of hydrogen-bond acceptors (Lipinski definition) is 1. The van der Waals surface area contributed by atoms with Crippen LogP contribution in [0.3, 0.4) is 0 Å². The minimum absolute atomic E-state index is 0.729. The van der Waals surface area contributed by atoms with Gasteiger partial charge in [0.2, 0.25) is 0 Å². The van der Waals surface area contributed by atoms with Gasteiger partial charge >= 0.3 is 0 Å². The zero-order chi connectivity index (χ0) is 10.6. The Morgan fingerprint density at radius 2 is 1.93 bits per heavy atom. The summed E-state index contributed by atoms with van der Waals surface area (Å²) < 4.78 is 0. The van der Waals surface area contributed by atoms with Gasteiger partial charge in [0.05, 0.1) is 0 Å². The highest BCUT2D eigenvalue weighted by Gasteiger charge is 2.45. The Bertz CT molecular complexity index is 163. The highest BCUT2D eigenvalue weighted by atomic mass is 15.2. The highest BCUT2D eigenvalue weighted by molar-refractivity contribution is 4.99. The SMILES string of the molecule is CC.CCC12CCCCC1N(C)CC2.